The number of sulfone groups is 1. The van der Waals surface area contributed by atoms with Crippen molar-refractivity contribution >= 4 is 27.2 Å². The summed E-state index contributed by atoms with van der Waals surface area (Å²) in [6.07, 6.45) is 0.658. The molecule has 0 radical (unpaired) electrons. The van der Waals surface area contributed by atoms with Crippen LogP contribution in [0.5, 0.6) is 5.75 Å². The smallest absolute Gasteiger partial charge is 0.152 e. The molecule has 0 saturated carbocycles. The molecule has 3 rings (SSSR count). The minimum absolute atomic E-state index is 0.0617. The molecule has 0 amide bonds. The Hall–Kier alpha value is -2.35. The molecule has 1 saturated heterocycles. The first kappa shape index (κ1) is 18.4. The zero-order valence-electron chi connectivity index (χ0n) is 15.2. The number of benzene rings is 1. The molecule has 2 N–H and O–H groups in total. The molecule has 140 valence electrons. The Morgan fingerprint density at radius 1 is 1.19 bits per heavy atom. The lowest BCUT2D eigenvalue weighted by Gasteiger charge is -2.16. The monoisotopic (exact) mass is 376 g/mol. The van der Waals surface area contributed by atoms with Crippen LogP contribution in [-0.4, -0.2) is 42.0 Å². The lowest BCUT2D eigenvalue weighted by atomic mass is 10.2. The second kappa shape index (κ2) is 7.49. The number of nitrogens with zero attached hydrogens (tertiary/aromatic N) is 2. The van der Waals surface area contributed by atoms with Gasteiger partial charge in [-0.25, -0.2) is 18.4 Å². The number of para-hydroxylation sites is 2. The maximum atomic E-state index is 11.6. The molecule has 0 bridgehead atoms. The van der Waals surface area contributed by atoms with Crippen LogP contribution in [0.3, 0.4) is 0 Å². The largest absolute Gasteiger partial charge is 0.489 e. The Labute approximate surface area is 154 Å². The lowest BCUT2D eigenvalue weighted by Crippen LogP contribution is -2.21. The fourth-order valence-corrected chi connectivity index (χ4v) is 4.56. The predicted octanol–water partition coefficient (Wildman–Crippen LogP) is 2.91. The van der Waals surface area contributed by atoms with Crippen LogP contribution in [0.25, 0.3) is 0 Å². The van der Waals surface area contributed by atoms with Crippen LogP contribution in [0.4, 0.5) is 17.3 Å². The van der Waals surface area contributed by atoms with E-state index in [2.05, 4.69) is 20.6 Å². The maximum Gasteiger partial charge on any atom is 0.152 e. The molecule has 2 heterocycles. The van der Waals surface area contributed by atoms with Gasteiger partial charge < -0.3 is 15.4 Å². The molecule has 8 heteroatoms. The van der Waals surface area contributed by atoms with Gasteiger partial charge >= 0.3 is 0 Å². The summed E-state index contributed by atoms with van der Waals surface area (Å²) in [5, 5.41) is 6.47. The van der Waals surface area contributed by atoms with Gasteiger partial charge in [0.1, 0.15) is 23.2 Å². The van der Waals surface area contributed by atoms with Crippen LogP contribution < -0.4 is 15.4 Å². The summed E-state index contributed by atoms with van der Waals surface area (Å²) < 4.78 is 29.1. The van der Waals surface area contributed by atoms with Crippen molar-refractivity contribution in [2.24, 2.45) is 0 Å². The van der Waals surface area contributed by atoms with Gasteiger partial charge in [0.15, 0.2) is 9.84 Å². The summed E-state index contributed by atoms with van der Waals surface area (Å²) in [5.74, 6) is 2.95. The van der Waals surface area contributed by atoms with Gasteiger partial charge in [0.2, 0.25) is 0 Å². The fourth-order valence-electron chi connectivity index (χ4n) is 2.89. The summed E-state index contributed by atoms with van der Waals surface area (Å²) in [6.45, 7) is 5.75. The minimum Gasteiger partial charge on any atom is -0.489 e. The van der Waals surface area contributed by atoms with E-state index < -0.39 is 9.84 Å². The van der Waals surface area contributed by atoms with Gasteiger partial charge in [-0.3, -0.25) is 0 Å². The average Bonchev–Trinajstić information content (AvgIpc) is 2.87. The van der Waals surface area contributed by atoms with E-state index in [1.807, 2.05) is 38.1 Å². The molecule has 1 aliphatic rings. The zero-order chi connectivity index (χ0) is 18.7. The van der Waals surface area contributed by atoms with Gasteiger partial charge in [0, 0.05) is 12.1 Å². The highest BCUT2D eigenvalue weighted by molar-refractivity contribution is 7.91. The number of ether oxygens (including phenoxy) is 1. The summed E-state index contributed by atoms with van der Waals surface area (Å²) in [5.41, 5.74) is 0.814. The zero-order valence-corrected chi connectivity index (χ0v) is 16.0. The molecule has 1 atom stereocenters. The van der Waals surface area contributed by atoms with Gasteiger partial charge in [-0.05, 0) is 39.3 Å². The van der Waals surface area contributed by atoms with Crippen LogP contribution >= 0.6 is 0 Å². The Bertz CT molecular complexity index is 884. The van der Waals surface area contributed by atoms with E-state index in [0.29, 0.717) is 23.9 Å². The van der Waals surface area contributed by atoms with Crippen molar-refractivity contribution in [3.05, 3.63) is 36.2 Å². The van der Waals surface area contributed by atoms with E-state index in [1.165, 1.54) is 0 Å². The van der Waals surface area contributed by atoms with E-state index >= 15 is 0 Å². The summed E-state index contributed by atoms with van der Waals surface area (Å²) in [4.78, 5) is 8.79. The Kier molecular flexibility index (Phi) is 5.31. The number of aryl methyl sites for hydroxylation is 1. The minimum atomic E-state index is -2.94. The molecule has 1 unspecified atom stereocenters. The normalized spacial score (nSPS) is 18.7. The number of anilines is 3. The van der Waals surface area contributed by atoms with Crippen LogP contribution in [0.2, 0.25) is 0 Å². The van der Waals surface area contributed by atoms with Crippen molar-refractivity contribution in [3.63, 3.8) is 0 Å². The Morgan fingerprint density at radius 3 is 2.62 bits per heavy atom. The van der Waals surface area contributed by atoms with Gasteiger partial charge in [0.05, 0.1) is 23.3 Å². The van der Waals surface area contributed by atoms with Crippen LogP contribution in [0.15, 0.2) is 30.3 Å². The number of aromatic nitrogens is 2. The van der Waals surface area contributed by atoms with Crippen molar-refractivity contribution in [2.75, 3.05) is 22.1 Å². The molecular formula is C18H24N4O3S. The molecular weight excluding hydrogens is 352 g/mol. The number of nitrogens with one attached hydrogen (secondary N) is 2. The standard InChI is InChI=1S/C18H24N4O3S/c1-12(2)25-16-7-5-4-6-15(16)22-18-10-17(19-13(3)20-18)21-14-8-9-26(23,24)11-14/h4-7,10,12,14H,8-9,11H2,1-3H3,(H2,19,20,21,22). The van der Waals surface area contributed by atoms with Crippen molar-refractivity contribution in [3.8, 4) is 5.75 Å². The predicted molar refractivity (Wildman–Crippen MR) is 103 cm³/mol. The molecule has 0 spiro atoms. The van der Waals surface area contributed by atoms with Crippen LogP contribution in [-0.2, 0) is 9.84 Å². The number of rotatable bonds is 6. The fraction of sp³-hybridized carbons (Fsp3) is 0.444. The molecule has 7 nitrogen and oxygen atoms in total. The molecule has 1 aromatic heterocycles. The lowest BCUT2D eigenvalue weighted by molar-refractivity contribution is 0.244. The third-order valence-electron chi connectivity index (χ3n) is 3.93. The molecule has 1 fully saturated rings. The van der Waals surface area contributed by atoms with Gasteiger partial charge in [0.25, 0.3) is 0 Å². The molecule has 26 heavy (non-hydrogen) atoms. The number of hydrogen-bond donors (Lipinski definition) is 2. The van der Waals surface area contributed by atoms with Crippen molar-refractivity contribution in [1.29, 1.82) is 0 Å². The highest BCUT2D eigenvalue weighted by Gasteiger charge is 2.28. The van der Waals surface area contributed by atoms with E-state index in [0.717, 1.165) is 11.4 Å². The van der Waals surface area contributed by atoms with Gasteiger partial charge in [-0.1, -0.05) is 12.1 Å². The highest BCUT2D eigenvalue weighted by atomic mass is 32.2. The number of hydrogen-bond acceptors (Lipinski definition) is 7. The summed E-state index contributed by atoms with van der Waals surface area (Å²) in [7, 11) is -2.94. The van der Waals surface area contributed by atoms with Crippen LogP contribution in [0.1, 0.15) is 26.1 Å². The second-order valence-corrected chi connectivity index (χ2v) is 8.95. The molecule has 2 aromatic rings. The molecule has 1 aromatic carbocycles. The third-order valence-corrected chi connectivity index (χ3v) is 5.70. The van der Waals surface area contributed by atoms with Gasteiger partial charge in [-0.2, -0.15) is 0 Å². The highest BCUT2D eigenvalue weighted by Crippen LogP contribution is 2.28. The van der Waals surface area contributed by atoms with E-state index in [-0.39, 0.29) is 23.7 Å². The summed E-state index contributed by atoms with van der Waals surface area (Å²) >= 11 is 0. The molecule has 1 aliphatic heterocycles. The van der Waals surface area contributed by atoms with Crippen LogP contribution in [0, 0.1) is 6.92 Å². The first-order valence-corrected chi connectivity index (χ1v) is 10.5. The SMILES string of the molecule is Cc1nc(Nc2ccccc2OC(C)C)cc(NC2CCS(=O)(=O)C2)n1. The second-order valence-electron chi connectivity index (χ2n) is 6.72. The van der Waals surface area contributed by atoms with Crippen molar-refractivity contribution in [2.45, 2.75) is 39.3 Å². The topological polar surface area (TPSA) is 93.2 Å². The van der Waals surface area contributed by atoms with E-state index in [9.17, 15) is 8.42 Å². The Morgan fingerprint density at radius 2 is 1.92 bits per heavy atom. The van der Waals surface area contributed by atoms with Crippen molar-refractivity contribution < 1.29 is 13.2 Å². The first-order chi connectivity index (χ1) is 12.3. The van der Waals surface area contributed by atoms with Crippen molar-refractivity contribution in [1.82, 2.24) is 9.97 Å². The van der Waals surface area contributed by atoms with E-state index in [1.54, 1.807) is 13.0 Å². The average molecular weight is 376 g/mol. The molecule has 0 aliphatic carbocycles. The Balaban J connectivity index is 1.78. The van der Waals surface area contributed by atoms with E-state index in [4.69, 9.17) is 4.74 Å². The van der Waals surface area contributed by atoms with Gasteiger partial charge in [-0.15, -0.1) is 0 Å². The summed E-state index contributed by atoms with van der Waals surface area (Å²) in [6, 6.07) is 9.33. The third kappa shape index (κ3) is 4.85. The maximum absolute atomic E-state index is 11.6. The quantitative estimate of drug-likeness (QED) is 0.800. The first-order valence-electron chi connectivity index (χ1n) is 8.66.